The molecule has 4 heterocycles. The smallest absolute Gasteiger partial charge is 0.227 e. The molecule has 0 saturated heterocycles. The molecule has 0 spiro atoms. The van der Waals surface area contributed by atoms with E-state index in [1.54, 1.807) is 0 Å². The fourth-order valence-electron chi connectivity index (χ4n) is 5.35. The molecule has 7 nitrogen and oxygen atoms in total. The minimum Gasteiger partial charge on any atom is -0.453 e. The van der Waals surface area contributed by atoms with E-state index in [4.69, 9.17) is 23.3 Å². The van der Waals surface area contributed by atoms with Gasteiger partial charge in [-0.15, -0.1) is 0 Å². The first-order valence-electron chi connectivity index (χ1n) is 12.7. The van der Waals surface area contributed by atoms with Crippen molar-refractivity contribution in [1.82, 2.24) is 9.97 Å². The summed E-state index contributed by atoms with van der Waals surface area (Å²) in [5, 5.41) is 0. The van der Waals surface area contributed by atoms with Gasteiger partial charge in [0, 0.05) is 15.6 Å². The highest BCUT2D eigenvalue weighted by Crippen LogP contribution is 2.61. The molecular formula is C32H16BrN3O4. The van der Waals surface area contributed by atoms with Crippen molar-refractivity contribution < 1.29 is 18.3 Å². The van der Waals surface area contributed by atoms with Gasteiger partial charge in [0.25, 0.3) is 0 Å². The van der Waals surface area contributed by atoms with E-state index >= 15 is 0 Å². The van der Waals surface area contributed by atoms with Crippen molar-refractivity contribution in [2.24, 2.45) is 0 Å². The monoisotopic (exact) mass is 585 g/mol. The van der Waals surface area contributed by atoms with E-state index in [1.807, 2.05) is 97.1 Å². The summed E-state index contributed by atoms with van der Waals surface area (Å²) in [4.78, 5) is 11.5. The van der Waals surface area contributed by atoms with Crippen molar-refractivity contribution in [1.29, 1.82) is 0 Å². The van der Waals surface area contributed by atoms with E-state index < -0.39 is 0 Å². The van der Waals surface area contributed by atoms with E-state index in [2.05, 4.69) is 25.8 Å². The summed E-state index contributed by atoms with van der Waals surface area (Å²) < 4.78 is 26.1. The van der Waals surface area contributed by atoms with Crippen LogP contribution in [0.3, 0.4) is 0 Å². The van der Waals surface area contributed by atoms with Gasteiger partial charge in [0.05, 0.1) is 11.4 Å². The Balaban J connectivity index is 1.24. The number of hydrogen-bond donors (Lipinski definition) is 0. The zero-order valence-corrected chi connectivity index (χ0v) is 22.2. The van der Waals surface area contributed by atoms with Crippen molar-refractivity contribution >= 4 is 55.2 Å². The fourth-order valence-corrected chi connectivity index (χ4v) is 5.69. The highest BCUT2D eigenvalue weighted by Gasteiger charge is 2.36. The number of oxazole rings is 2. The van der Waals surface area contributed by atoms with Gasteiger partial charge in [-0.25, -0.2) is 9.97 Å². The summed E-state index contributed by atoms with van der Waals surface area (Å²) >= 11 is 3.59. The minimum absolute atomic E-state index is 0.491. The van der Waals surface area contributed by atoms with E-state index in [0.29, 0.717) is 29.0 Å². The quantitative estimate of drug-likeness (QED) is 0.200. The van der Waals surface area contributed by atoms with Crippen molar-refractivity contribution in [2.75, 3.05) is 4.90 Å². The number of benzene rings is 5. The largest absolute Gasteiger partial charge is 0.453 e. The third-order valence-electron chi connectivity index (χ3n) is 7.15. The molecule has 0 atom stereocenters. The third kappa shape index (κ3) is 3.17. The van der Waals surface area contributed by atoms with E-state index in [-0.39, 0.29) is 0 Å². The van der Waals surface area contributed by atoms with Gasteiger partial charge in [-0.2, -0.15) is 0 Å². The van der Waals surface area contributed by atoms with Crippen LogP contribution in [-0.2, 0) is 0 Å². The van der Waals surface area contributed by atoms with Crippen LogP contribution in [0, 0.1) is 0 Å². The van der Waals surface area contributed by atoms with Crippen LogP contribution in [0.2, 0.25) is 0 Å². The summed E-state index contributed by atoms with van der Waals surface area (Å²) in [6.45, 7) is 0. The van der Waals surface area contributed by atoms with Crippen LogP contribution >= 0.6 is 15.9 Å². The van der Waals surface area contributed by atoms with Crippen molar-refractivity contribution in [3.05, 3.63) is 102 Å². The molecule has 7 aromatic rings. The summed E-state index contributed by atoms with van der Waals surface area (Å²) in [5.41, 5.74) is 7.23. The topological polar surface area (TPSA) is 73.8 Å². The van der Waals surface area contributed by atoms with Gasteiger partial charge in [-0.05, 0) is 72.8 Å². The van der Waals surface area contributed by atoms with Gasteiger partial charge in [-0.1, -0.05) is 40.2 Å². The van der Waals surface area contributed by atoms with Crippen LogP contribution in [-0.4, -0.2) is 9.97 Å². The van der Waals surface area contributed by atoms with Crippen LogP contribution in [0.15, 0.2) is 110 Å². The Bertz CT molecular complexity index is 2100. The first-order chi connectivity index (χ1) is 19.7. The Hall–Kier alpha value is -5.08. The Morgan fingerprint density at radius 1 is 0.550 bits per heavy atom. The lowest BCUT2D eigenvalue weighted by atomic mass is 10.0. The fraction of sp³-hybridized carbons (Fsp3) is 0. The molecule has 2 aliphatic rings. The van der Waals surface area contributed by atoms with Gasteiger partial charge in [0.15, 0.2) is 34.2 Å². The Kier molecular flexibility index (Phi) is 4.34. The molecule has 8 heteroatoms. The number of para-hydroxylation sites is 4. The molecule has 0 saturated carbocycles. The van der Waals surface area contributed by atoms with Crippen molar-refractivity contribution in [3.8, 4) is 45.9 Å². The van der Waals surface area contributed by atoms with Crippen molar-refractivity contribution in [3.63, 3.8) is 0 Å². The Morgan fingerprint density at radius 3 is 1.75 bits per heavy atom. The van der Waals surface area contributed by atoms with Crippen LogP contribution in [0.4, 0.5) is 17.1 Å². The zero-order chi connectivity index (χ0) is 26.4. The number of hydrogen-bond acceptors (Lipinski definition) is 7. The first-order valence-corrected chi connectivity index (χ1v) is 13.5. The molecule has 0 N–H and O–H groups in total. The van der Waals surface area contributed by atoms with Crippen molar-refractivity contribution in [2.45, 2.75) is 0 Å². The lowest BCUT2D eigenvalue weighted by molar-refractivity contribution is 0.445. The molecule has 5 aromatic carbocycles. The second kappa shape index (κ2) is 7.97. The number of fused-ring (bicyclic) bond motifs is 6. The van der Waals surface area contributed by atoms with E-state index in [0.717, 1.165) is 60.6 Å². The number of rotatable bonds is 2. The second-order valence-corrected chi connectivity index (χ2v) is 10.5. The van der Waals surface area contributed by atoms with Gasteiger partial charge in [-0.3, -0.25) is 4.90 Å². The number of aromatic nitrogens is 2. The molecule has 0 amide bonds. The predicted octanol–water partition coefficient (Wildman–Crippen LogP) is 9.75. The van der Waals surface area contributed by atoms with Gasteiger partial charge in [0.2, 0.25) is 11.8 Å². The summed E-state index contributed by atoms with van der Waals surface area (Å²) in [6, 6.07) is 31.3. The molecule has 0 fully saturated rings. The standard InChI is InChI=1S/C32H16BrN3O4/c33-19-10-12-23-27(16-19)38-29-15-18(32-35-21-6-2-4-8-25(21)40-32)14-28-30(29)36(23)22-11-9-17(13-26(22)37-28)31-34-20-5-1-3-7-24(20)39-31/h1-16H. The first kappa shape index (κ1) is 21.8. The van der Waals surface area contributed by atoms with E-state index in [9.17, 15) is 0 Å². The maximum absolute atomic E-state index is 6.57. The molecule has 40 heavy (non-hydrogen) atoms. The number of ether oxygens (including phenoxy) is 2. The molecular weight excluding hydrogens is 570 g/mol. The summed E-state index contributed by atoms with van der Waals surface area (Å²) in [7, 11) is 0. The molecule has 2 aliphatic heterocycles. The average molecular weight is 586 g/mol. The van der Waals surface area contributed by atoms with Crippen LogP contribution in [0.1, 0.15) is 0 Å². The number of halogens is 1. The third-order valence-corrected chi connectivity index (χ3v) is 7.64. The van der Waals surface area contributed by atoms with Crippen LogP contribution < -0.4 is 14.4 Å². The maximum atomic E-state index is 6.57. The highest BCUT2D eigenvalue weighted by molar-refractivity contribution is 9.10. The summed E-state index contributed by atoms with van der Waals surface area (Å²) in [5.74, 6) is 3.69. The number of anilines is 3. The summed E-state index contributed by atoms with van der Waals surface area (Å²) in [6.07, 6.45) is 0. The molecule has 0 unspecified atom stereocenters. The van der Waals surface area contributed by atoms with Gasteiger partial charge in [0.1, 0.15) is 16.7 Å². The van der Waals surface area contributed by atoms with Gasteiger partial charge < -0.3 is 18.3 Å². The Morgan fingerprint density at radius 2 is 1.10 bits per heavy atom. The molecule has 190 valence electrons. The lowest BCUT2D eigenvalue weighted by Gasteiger charge is -2.38. The maximum Gasteiger partial charge on any atom is 0.227 e. The SMILES string of the molecule is Brc1ccc2c(c1)Oc1cc(-c3nc4ccccc4o3)cc3c1N2c1ccc(-c2nc4ccccc4o2)cc1O3. The molecule has 2 aromatic heterocycles. The minimum atomic E-state index is 0.491. The molecule has 0 bridgehead atoms. The van der Waals surface area contributed by atoms with Crippen LogP contribution in [0.25, 0.3) is 45.1 Å². The predicted molar refractivity (Wildman–Crippen MR) is 155 cm³/mol. The van der Waals surface area contributed by atoms with Crippen LogP contribution in [0.5, 0.6) is 23.0 Å². The number of nitrogens with zero attached hydrogens (tertiary/aromatic N) is 3. The Labute approximate surface area is 235 Å². The second-order valence-electron chi connectivity index (χ2n) is 9.63. The zero-order valence-electron chi connectivity index (χ0n) is 20.6. The highest BCUT2D eigenvalue weighted by atomic mass is 79.9. The average Bonchev–Trinajstić information content (AvgIpc) is 3.61. The molecule has 0 radical (unpaired) electrons. The molecule has 0 aliphatic carbocycles. The normalized spacial score (nSPS) is 13.0. The van der Waals surface area contributed by atoms with E-state index in [1.165, 1.54) is 0 Å². The van der Waals surface area contributed by atoms with Gasteiger partial charge >= 0.3 is 0 Å². The molecule has 9 rings (SSSR count). The lowest BCUT2D eigenvalue weighted by Crippen LogP contribution is -2.20.